The molecule has 4 nitrogen and oxygen atoms in total. The molecule has 0 spiro atoms. The van der Waals surface area contributed by atoms with E-state index in [1.807, 2.05) is 24.3 Å². The molecule has 2 aromatic rings. The Balaban J connectivity index is 2.40. The highest BCUT2D eigenvalue weighted by atomic mass is 19.1. The van der Waals surface area contributed by atoms with Crippen LogP contribution in [0.3, 0.4) is 0 Å². The lowest BCUT2D eigenvalue weighted by Gasteiger charge is -2.34. The minimum atomic E-state index is -1.10. The highest BCUT2D eigenvalue weighted by Crippen LogP contribution is 2.41. The third-order valence-electron chi connectivity index (χ3n) is 6.28. The fraction of sp³-hybridized carbons (Fsp3) is 0.444. The van der Waals surface area contributed by atoms with Gasteiger partial charge in [-0.3, -0.25) is 4.79 Å². The molecule has 5 heteroatoms. The molecule has 2 rings (SSSR count). The van der Waals surface area contributed by atoms with Gasteiger partial charge in [0.1, 0.15) is 5.82 Å². The van der Waals surface area contributed by atoms with E-state index in [1.165, 1.54) is 6.07 Å². The number of carboxylic acid groups (broad SMARTS) is 1. The Labute approximate surface area is 190 Å². The number of aliphatic hydroxyl groups excluding tert-OH is 2. The molecule has 3 N–H and O–H groups in total. The van der Waals surface area contributed by atoms with E-state index in [2.05, 4.69) is 33.8 Å². The normalized spacial score (nSPS) is 14.1. The molecule has 0 heterocycles. The van der Waals surface area contributed by atoms with E-state index in [-0.39, 0.29) is 18.2 Å². The molecular weight excluding hydrogens is 407 g/mol. The fourth-order valence-electron chi connectivity index (χ4n) is 4.43. The molecule has 0 saturated carbocycles. The zero-order valence-corrected chi connectivity index (χ0v) is 19.4. The summed E-state index contributed by atoms with van der Waals surface area (Å²) >= 11 is 0. The van der Waals surface area contributed by atoms with Gasteiger partial charge in [-0.05, 0) is 47.1 Å². The Morgan fingerprint density at radius 3 is 2.31 bits per heavy atom. The smallest absolute Gasteiger partial charge is 0.305 e. The first-order valence-electron chi connectivity index (χ1n) is 11.3. The van der Waals surface area contributed by atoms with Gasteiger partial charge >= 0.3 is 5.97 Å². The summed E-state index contributed by atoms with van der Waals surface area (Å²) in [5.74, 6) is -1.10. The van der Waals surface area contributed by atoms with E-state index in [0.29, 0.717) is 5.56 Å². The zero-order valence-electron chi connectivity index (χ0n) is 19.4. The van der Waals surface area contributed by atoms with Gasteiger partial charge in [-0.1, -0.05) is 76.2 Å². The number of hydrogen-bond donors (Lipinski definition) is 3. The monoisotopic (exact) mass is 442 g/mol. The van der Waals surface area contributed by atoms with E-state index in [0.717, 1.165) is 29.5 Å². The third-order valence-corrected chi connectivity index (χ3v) is 6.28. The lowest BCUT2D eigenvalue weighted by molar-refractivity contribution is -0.139. The van der Waals surface area contributed by atoms with Crippen LogP contribution in [0.4, 0.5) is 4.39 Å². The van der Waals surface area contributed by atoms with Crippen molar-refractivity contribution in [3.8, 4) is 0 Å². The highest BCUT2D eigenvalue weighted by Gasteiger charge is 2.33. The van der Waals surface area contributed by atoms with Crippen molar-refractivity contribution in [1.82, 2.24) is 0 Å². The summed E-state index contributed by atoms with van der Waals surface area (Å²) in [6, 6.07) is 13.1. The maximum Gasteiger partial charge on any atom is 0.305 e. The van der Waals surface area contributed by atoms with E-state index in [1.54, 1.807) is 18.2 Å². The summed E-state index contributed by atoms with van der Waals surface area (Å²) in [7, 11) is 0. The summed E-state index contributed by atoms with van der Waals surface area (Å²) < 4.78 is 14.8. The second kappa shape index (κ2) is 11.4. The van der Waals surface area contributed by atoms with E-state index in [4.69, 9.17) is 5.11 Å². The minimum absolute atomic E-state index is 0.0417. The Hall–Kier alpha value is -2.50. The van der Waals surface area contributed by atoms with Crippen LogP contribution in [0.15, 0.2) is 48.5 Å². The quantitative estimate of drug-likeness (QED) is 0.420. The number of halogens is 1. The van der Waals surface area contributed by atoms with E-state index >= 15 is 0 Å². The molecule has 0 fully saturated rings. The molecule has 0 unspecified atom stereocenters. The van der Waals surface area contributed by atoms with Gasteiger partial charge in [0.25, 0.3) is 0 Å². The minimum Gasteiger partial charge on any atom is -0.481 e. The molecule has 0 radical (unpaired) electrons. The molecule has 32 heavy (non-hydrogen) atoms. The van der Waals surface area contributed by atoms with Crippen LogP contribution in [0.2, 0.25) is 0 Å². The first-order valence-corrected chi connectivity index (χ1v) is 11.3. The van der Waals surface area contributed by atoms with Gasteiger partial charge in [-0.2, -0.15) is 0 Å². The van der Waals surface area contributed by atoms with Gasteiger partial charge < -0.3 is 15.3 Å². The molecule has 0 amide bonds. The summed E-state index contributed by atoms with van der Waals surface area (Å²) in [5.41, 5.74) is 3.35. The van der Waals surface area contributed by atoms with Crippen molar-refractivity contribution in [2.75, 3.05) is 0 Å². The first-order chi connectivity index (χ1) is 15.1. The lowest BCUT2D eigenvalue weighted by atomic mass is 9.69. The van der Waals surface area contributed by atoms with E-state index in [9.17, 15) is 19.4 Å². The Bertz CT molecular complexity index is 931. The van der Waals surface area contributed by atoms with E-state index < -0.39 is 30.0 Å². The Morgan fingerprint density at radius 2 is 1.75 bits per heavy atom. The third kappa shape index (κ3) is 6.05. The van der Waals surface area contributed by atoms with Gasteiger partial charge in [0.05, 0.1) is 18.6 Å². The molecule has 0 aliphatic rings. The van der Waals surface area contributed by atoms with Crippen molar-refractivity contribution < 1.29 is 24.5 Å². The number of rotatable bonds is 11. The van der Waals surface area contributed by atoms with Crippen LogP contribution in [-0.4, -0.2) is 33.5 Å². The fourth-order valence-corrected chi connectivity index (χ4v) is 4.43. The van der Waals surface area contributed by atoms with Crippen LogP contribution in [0.5, 0.6) is 0 Å². The maximum absolute atomic E-state index is 14.8. The molecule has 0 aromatic heterocycles. The van der Waals surface area contributed by atoms with Crippen molar-refractivity contribution in [2.45, 2.75) is 76.9 Å². The highest BCUT2D eigenvalue weighted by molar-refractivity contribution is 5.67. The van der Waals surface area contributed by atoms with Crippen LogP contribution in [0, 0.1) is 5.82 Å². The van der Waals surface area contributed by atoms with Crippen LogP contribution in [0.1, 0.15) is 81.5 Å². The Kier molecular flexibility index (Phi) is 9.17. The number of carboxylic acids is 1. The van der Waals surface area contributed by atoms with Gasteiger partial charge in [0.2, 0.25) is 0 Å². The maximum atomic E-state index is 14.8. The van der Waals surface area contributed by atoms with Gasteiger partial charge in [-0.15, -0.1) is 0 Å². The van der Waals surface area contributed by atoms with Crippen molar-refractivity contribution in [1.29, 1.82) is 0 Å². The second-order valence-corrected chi connectivity index (χ2v) is 8.68. The van der Waals surface area contributed by atoms with Crippen molar-refractivity contribution in [2.24, 2.45) is 0 Å². The molecule has 2 atom stereocenters. The van der Waals surface area contributed by atoms with Crippen molar-refractivity contribution >= 4 is 12.0 Å². The SMILES string of the molecule is CCC(CC)(c1ccc(/C=C/[C@@H](O)C[C@@H](O)CC(=O)O)c(C(C)C)c1)c1ccccc1F. The first kappa shape index (κ1) is 25.8. The standard InChI is InChI=1S/C27H35FO4/c1-5-27(6-2,24-9-7-8-10-25(24)28)20-13-11-19(23(15-20)18(3)4)12-14-21(29)16-22(30)17-26(31)32/h7-15,18,21-22,29-30H,5-6,16-17H2,1-4H3,(H,31,32)/b14-12+/t21-,22-/m1/s1. The molecular formula is C27H35FO4. The summed E-state index contributed by atoms with van der Waals surface area (Å²) in [4.78, 5) is 10.7. The number of benzene rings is 2. The summed E-state index contributed by atoms with van der Waals surface area (Å²) in [5, 5.41) is 28.7. The zero-order chi connectivity index (χ0) is 23.9. The summed E-state index contributed by atoms with van der Waals surface area (Å²) in [6.07, 6.45) is 2.41. The average molecular weight is 443 g/mol. The van der Waals surface area contributed by atoms with Crippen molar-refractivity contribution in [3.05, 3.63) is 76.6 Å². The molecule has 174 valence electrons. The van der Waals surface area contributed by atoms with Crippen LogP contribution in [-0.2, 0) is 10.2 Å². The largest absolute Gasteiger partial charge is 0.481 e. The predicted octanol–water partition coefficient (Wildman–Crippen LogP) is 5.66. The Morgan fingerprint density at radius 1 is 1.09 bits per heavy atom. The topological polar surface area (TPSA) is 77.8 Å². The molecule has 0 aliphatic heterocycles. The molecule has 0 bridgehead atoms. The number of carbonyl (C=O) groups is 1. The van der Waals surface area contributed by atoms with Crippen molar-refractivity contribution in [3.63, 3.8) is 0 Å². The number of aliphatic carboxylic acids is 1. The molecule has 2 aromatic carbocycles. The van der Waals surface area contributed by atoms with Crippen LogP contribution in [0.25, 0.3) is 6.08 Å². The molecule has 0 aliphatic carbocycles. The lowest BCUT2D eigenvalue weighted by Crippen LogP contribution is -2.27. The number of aliphatic hydroxyl groups is 2. The molecule has 0 saturated heterocycles. The second-order valence-electron chi connectivity index (χ2n) is 8.68. The van der Waals surface area contributed by atoms with Crippen LogP contribution < -0.4 is 0 Å². The van der Waals surface area contributed by atoms with Gasteiger partial charge in [-0.25, -0.2) is 4.39 Å². The van der Waals surface area contributed by atoms with Gasteiger partial charge in [0, 0.05) is 11.8 Å². The average Bonchev–Trinajstić information content (AvgIpc) is 2.74. The predicted molar refractivity (Wildman–Crippen MR) is 126 cm³/mol. The summed E-state index contributed by atoms with van der Waals surface area (Å²) in [6.45, 7) is 8.34. The van der Waals surface area contributed by atoms with Gasteiger partial charge in [0.15, 0.2) is 0 Å². The number of hydrogen-bond acceptors (Lipinski definition) is 3. The van der Waals surface area contributed by atoms with Crippen LogP contribution >= 0.6 is 0 Å².